The fraction of sp³-hybridized carbons (Fsp3) is 0.348. The summed E-state index contributed by atoms with van der Waals surface area (Å²) in [6, 6.07) is 13.7. The number of rotatable bonds is 6. The van der Waals surface area contributed by atoms with E-state index in [1.807, 2.05) is 0 Å². The van der Waals surface area contributed by atoms with Crippen molar-refractivity contribution >= 4 is 40.9 Å². The number of amides is 3. The second kappa shape index (κ2) is 10.2. The van der Waals surface area contributed by atoms with Crippen LogP contribution in [0.1, 0.15) is 23.2 Å². The van der Waals surface area contributed by atoms with Crippen LogP contribution >= 0.6 is 11.8 Å². The van der Waals surface area contributed by atoms with Crippen LogP contribution in [0.15, 0.2) is 53.4 Å². The maximum absolute atomic E-state index is 13.2. The monoisotopic (exact) mass is 474 g/mol. The highest BCUT2D eigenvalue weighted by Gasteiger charge is 2.32. The summed E-state index contributed by atoms with van der Waals surface area (Å²) in [6.07, 6.45) is 1.82. The van der Waals surface area contributed by atoms with Crippen LogP contribution in [-0.4, -0.2) is 65.5 Å². The number of piperazine rings is 1. The van der Waals surface area contributed by atoms with E-state index in [0.717, 1.165) is 12.8 Å². The molecule has 0 radical (unpaired) electrons. The summed E-state index contributed by atoms with van der Waals surface area (Å²) < 4.78 is 25.0. The highest BCUT2D eigenvalue weighted by Crippen LogP contribution is 2.28. The molecule has 0 unspecified atom stereocenters. The molecule has 33 heavy (non-hydrogen) atoms. The minimum Gasteiger partial charge on any atom is -0.355 e. The molecule has 174 valence electrons. The molecule has 2 aliphatic rings. The second-order valence-corrected chi connectivity index (χ2v) is 8.97. The zero-order chi connectivity index (χ0) is 23.4. The minimum absolute atomic E-state index is 0.118. The highest BCUT2D eigenvalue weighted by atomic mass is 32.2. The molecular formula is C23H24F2N4O3S. The molecule has 0 atom stereocenters. The molecule has 10 heteroatoms. The van der Waals surface area contributed by atoms with Crippen LogP contribution in [0, 0.1) is 0 Å². The number of nitrogens with zero attached hydrogens (tertiary/aromatic N) is 2. The summed E-state index contributed by atoms with van der Waals surface area (Å²) >= 11 is 0.475. The van der Waals surface area contributed by atoms with E-state index in [4.69, 9.17) is 0 Å². The van der Waals surface area contributed by atoms with Crippen molar-refractivity contribution in [3.63, 3.8) is 0 Å². The highest BCUT2D eigenvalue weighted by molar-refractivity contribution is 7.99. The van der Waals surface area contributed by atoms with E-state index in [9.17, 15) is 23.2 Å². The first kappa shape index (κ1) is 23.0. The maximum Gasteiger partial charge on any atom is 0.312 e. The van der Waals surface area contributed by atoms with Gasteiger partial charge in [0.2, 0.25) is 0 Å². The van der Waals surface area contributed by atoms with Crippen LogP contribution in [0.2, 0.25) is 0 Å². The van der Waals surface area contributed by atoms with Gasteiger partial charge >= 0.3 is 11.8 Å². The van der Waals surface area contributed by atoms with Crippen LogP contribution in [0.3, 0.4) is 0 Å². The molecule has 2 N–H and O–H groups in total. The van der Waals surface area contributed by atoms with Gasteiger partial charge in [0.05, 0.1) is 11.3 Å². The molecule has 1 saturated heterocycles. The summed E-state index contributed by atoms with van der Waals surface area (Å²) in [5.74, 6) is -3.79. The number of carbonyl (C=O) groups is 3. The normalized spacial score (nSPS) is 16.0. The van der Waals surface area contributed by atoms with E-state index in [1.165, 1.54) is 4.90 Å². The van der Waals surface area contributed by atoms with Gasteiger partial charge in [-0.1, -0.05) is 23.9 Å². The van der Waals surface area contributed by atoms with Crippen LogP contribution in [0.4, 0.5) is 20.2 Å². The first-order chi connectivity index (χ1) is 15.9. The third kappa shape index (κ3) is 6.01. The Morgan fingerprint density at radius 2 is 1.55 bits per heavy atom. The van der Waals surface area contributed by atoms with Crippen molar-refractivity contribution in [2.45, 2.75) is 29.5 Å². The fourth-order valence-electron chi connectivity index (χ4n) is 3.56. The molecule has 2 fully saturated rings. The van der Waals surface area contributed by atoms with Gasteiger partial charge in [-0.3, -0.25) is 14.4 Å². The number of benzene rings is 2. The third-order valence-corrected chi connectivity index (χ3v) is 6.20. The smallest absolute Gasteiger partial charge is 0.312 e. The Morgan fingerprint density at radius 1 is 0.909 bits per heavy atom. The number of hydrogen-bond donors (Lipinski definition) is 2. The fourth-order valence-corrected chi connectivity index (χ4v) is 4.05. The predicted molar refractivity (Wildman–Crippen MR) is 122 cm³/mol. The van der Waals surface area contributed by atoms with E-state index >= 15 is 0 Å². The SMILES string of the molecule is O=C(NC1CC1)C(=O)N1CCN(C(=O)c2ccccc2Nc2ccc(SC(F)F)cc2)CC1. The van der Waals surface area contributed by atoms with E-state index in [0.29, 0.717) is 59.8 Å². The molecule has 1 aliphatic carbocycles. The van der Waals surface area contributed by atoms with Crippen molar-refractivity contribution in [3.05, 3.63) is 54.1 Å². The van der Waals surface area contributed by atoms with Gasteiger partial charge in [-0.2, -0.15) is 8.78 Å². The van der Waals surface area contributed by atoms with Crippen LogP contribution in [0.5, 0.6) is 0 Å². The van der Waals surface area contributed by atoms with Gasteiger partial charge < -0.3 is 20.4 Å². The Kier molecular flexibility index (Phi) is 7.12. The van der Waals surface area contributed by atoms with Crippen LogP contribution < -0.4 is 10.6 Å². The molecule has 3 amide bonds. The number of hydrogen-bond acceptors (Lipinski definition) is 5. The predicted octanol–water partition coefficient (Wildman–Crippen LogP) is 3.31. The summed E-state index contributed by atoms with van der Waals surface area (Å²) in [4.78, 5) is 41.1. The Labute approximate surface area is 194 Å². The molecule has 4 rings (SSSR count). The summed E-state index contributed by atoms with van der Waals surface area (Å²) in [5, 5.41) is 5.87. The van der Waals surface area contributed by atoms with Crippen LogP contribution in [0.25, 0.3) is 0 Å². The van der Waals surface area contributed by atoms with E-state index in [-0.39, 0.29) is 11.9 Å². The molecule has 1 heterocycles. The first-order valence-electron chi connectivity index (χ1n) is 10.7. The van der Waals surface area contributed by atoms with Gasteiger partial charge in [0.15, 0.2) is 0 Å². The van der Waals surface area contributed by atoms with Gasteiger partial charge in [0.25, 0.3) is 11.7 Å². The Balaban J connectivity index is 1.37. The van der Waals surface area contributed by atoms with Crippen LogP contribution in [-0.2, 0) is 9.59 Å². The average Bonchev–Trinajstić information content (AvgIpc) is 3.63. The summed E-state index contributed by atoms with van der Waals surface area (Å²) in [7, 11) is 0. The number of thioether (sulfide) groups is 1. The number of alkyl halides is 2. The van der Waals surface area contributed by atoms with Gasteiger partial charge in [-0.15, -0.1) is 0 Å². The quantitative estimate of drug-likeness (QED) is 0.496. The molecule has 2 aromatic carbocycles. The molecular weight excluding hydrogens is 450 g/mol. The molecule has 1 saturated carbocycles. The Bertz CT molecular complexity index is 1020. The van der Waals surface area contributed by atoms with Gasteiger partial charge in [-0.05, 0) is 49.2 Å². The minimum atomic E-state index is -2.48. The molecule has 1 aliphatic heterocycles. The van der Waals surface area contributed by atoms with Crippen molar-refractivity contribution in [1.29, 1.82) is 0 Å². The number of anilines is 2. The average molecular weight is 475 g/mol. The van der Waals surface area contributed by atoms with Gasteiger partial charge in [0.1, 0.15) is 0 Å². The van der Waals surface area contributed by atoms with E-state index < -0.39 is 17.6 Å². The third-order valence-electron chi connectivity index (χ3n) is 5.48. The Hall–Kier alpha value is -3.14. The van der Waals surface area contributed by atoms with Crippen molar-refractivity contribution in [1.82, 2.24) is 15.1 Å². The summed E-state index contributed by atoms with van der Waals surface area (Å²) in [6.45, 7) is 1.24. The number of carbonyl (C=O) groups excluding carboxylic acids is 3. The molecule has 7 nitrogen and oxygen atoms in total. The molecule has 0 spiro atoms. The van der Waals surface area contributed by atoms with Crippen molar-refractivity contribution in [2.24, 2.45) is 0 Å². The van der Waals surface area contributed by atoms with Crippen molar-refractivity contribution < 1.29 is 23.2 Å². The molecule has 2 aromatic rings. The maximum atomic E-state index is 13.2. The lowest BCUT2D eigenvalue weighted by Crippen LogP contribution is -2.54. The molecule has 0 aromatic heterocycles. The zero-order valence-corrected chi connectivity index (χ0v) is 18.6. The summed E-state index contributed by atoms with van der Waals surface area (Å²) in [5.41, 5.74) is 1.74. The Morgan fingerprint density at radius 3 is 2.18 bits per heavy atom. The van der Waals surface area contributed by atoms with Crippen molar-refractivity contribution in [3.8, 4) is 0 Å². The number of halogens is 2. The number of nitrogens with one attached hydrogen (secondary N) is 2. The van der Waals surface area contributed by atoms with E-state index in [2.05, 4.69) is 10.6 Å². The van der Waals surface area contributed by atoms with E-state index in [1.54, 1.807) is 53.4 Å². The second-order valence-electron chi connectivity index (χ2n) is 7.91. The number of para-hydroxylation sites is 1. The zero-order valence-electron chi connectivity index (χ0n) is 17.8. The largest absolute Gasteiger partial charge is 0.355 e. The van der Waals surface area contributed by atoms with Gasteiger partial charge in [0, 0.05) is 42.8 Å². The lowest BCUT2D eigenvalue weighted by Gasteiger charge is -2.34. The first-order valence-corrected chi connectivity index (χ1v) is 11.6. The lowest BCUT2D eigenvalue weighted by atomic mass is 10.1. The lowest BCUT2D eigenvalue weighted by molar-refractivity contribution is -0.146. The molecule has 0 bridgehead atoms. The van der Waals surface area contributed by atoms with Gasteiger partial charge in [-0.25, -0.2) is 0 Å². The standard InChI is InChI=1S/C23H24F2N4O3S/c24-23(25)33-17-9-7-15(8-10-17)26-19-4-2-1-3-18(19)21(31)28-11-13-29(14-12-28)22(32)20(30)27-16-5-6-16/h1-4,7-10,16,23,26H,5-6,11-14H2,(H,27,30). The topological polar surface area (TPSA) is 81.8 Å². The van der Waals surface area contributed by atoms with Crippen molar-refractivity contribution in [2.75, 3.05) is 31.5 Å².